The smallest absolute Gasteiger partial charge is 0.407 e. The maximum Gasteiger partial charge on any atom is 0.407 e. The Morgan fingerprint density at radius 1 is 0.683 bits per heavy atom. The van der Waals surface area contributed by atoms with Gasteiger partial charge >= 0.3 is 12.2 Å². The Morgan fingerprint density at radius 3 is 1.71 bits per heavy atom. The van der Waals surface area contributed by atoms with Crippen molar-refractivity contribution in [2.24, 2.45) is 23.7 Å². The van der Waals surface area contributed by atoms with Crippen molar-refractivity contribution in [3.05, 3.63) is 35.7 Å². The number of aliphatic hydroxyl groups excluding tert-OH is 2. The molecule has 6 unspecified atom stereocenters. The summed E-state index contributed by atoms with van der Waals surface area (Å²) in [7, 11) is 4.42. The van der Waals surface area contributed by atoms with E-state index in [0.717, 1.165) is 88.4 Å². The summed E-state index contributed by atoms with van der Waals surface area (Å²) in [5.41, 5.74) is 1.74. The molecule has 10 atom stereocenters. The van der Waals surface area contributed by atoms with E-state index in [9.17, 15) is 29.4 Å². The molecule has 0 bridgehead atoms. The molecule has 6 aliphatic rings. The first-order chi connectivity index (χ1) is 30.2. The third-order valence-electron chi connectivity index (χ3n) is 15.0. The average Bonchev–Trinajstić information content (AvgIpc) is 4.08. The van der Waals surface area contributed by atoms with Crippen LogP contribution < -0.4 is 21.3 Å². The number of amides is 4. The fourth-order valence-corrected chi connectivity index (χ4v) is 11.5. The normalized spacial score (nSPS) is 31.5. The number of allylic oxidation sites excluding steroid dienone is 4. The number of likely N-dealkylation sites (tertiary alicyclic amines) is 3. The lowest BCUT2D eigenvalue weighted by Gasteiger charge is -2.45. The summed E-state index contributed by atoms with van der Waals surface area (Å²) >= 11 is 0. The van der Waals surface area contributed by atoms with E-state index in [1.54, 1.807) is 4.90 Å². The molecule has 3 saturated heterocycles. The number of ether oxygens (including phenoxy) is 3. The first kappa shape index (κ1) is 48.9. The minimum absolute atomic E-state index is 0.0684. The van der Waals surface area contributed by atoms with Gasteiger partial charge in [0.2, 0.25) is 11.8 Å². The molecule has 63 heavy (non-hydrogen) atoms. The van der Waals surface area contributed by atoms with E-state index in [0.29, 0.717) is 62.0 Å². The van der Waals surface area contributed by atoms with Crippen molar-refractivity contribution >= 4 is 24.0 Å². The van der Waals surface area contributed by atoms with Gasteiger partial charge < -0.3 is 45.7 Å². The Bertz CT molecular complexity index is 1660. The molecule has 6 rings (SSSR count). The molecule has 3 aliphatic heterocycles. The summed E-state index contributed by atoms with van der Waals surface area (Å²) < 4.78 is 15.4. The highest BCUT2D eigenvalue weighted by Crippen LogP contribution is 2.44. The average molecular weight is 884 g/mol. The Morgan fingerprint density at radius 2 is 1.24 bits per heavy atom. The minimum Gasteiger partial charge on any atom is -0.453 e. The van der Waals surface area contributed by atoms with Gasteiger partial charge in [-0.3, -0.25) is 24.3 Å². The lowest BCUT2D eigenvalue weighted by atomic mass is 9.83. The first-order valence-electron chi connectivity index (χ1n) is 23.8. The highest BCUT2D eigenvalue weighted by Gasteiger charge is 2.46. The van der Waals surface area contributed by atoms with Crippen molar-refractivity contribution in [2.45, 2.75) is 178 Å². The van der Waals surface area contributed by atoms with Gasteiger partial charge in [0.25, 0.3) is 0 Å². The van der Waals surface area contributed by atoms with E-state index in [-0.39, 0.29) is 23.7 Å². The van der Waals surface area contributed by atoms with Crippen molar-refractivity contribution in [1.82, 2.24) is 36.0 Å². The van der Waals surface area contributed by atoms with Crippen molar-refractivity contribution in [3.8, 4) is 0 Å². The van der Waals surface area contributed by atoms with Crippen LogP contribution in [0.5, 0.6) is 0 Å². The Kier molecular flexibility index (Phi) is 17.5. The van der Waals surface area contributed by atoms with Gasteiger partial charge in [0, 0.05) is 49.7 Å². The van der Waals surface area contributed by atoms with Crippen LogP contribution in [0.15, 0.2) is 35.7 Å². The molecule has 4 amide bonds. The maximum absolute atomic E-state index is 13.7. The number of rotatable bonds is 16. The van der Waals surface area contributed by atoms with E-state index in [1.807, 2.05) is 39.7 Å². The zero-order chi connectivity index (χ0) is 45.4. The van der Waals surface area contributed by atoms with Crippen LogP contribution >= 0.6 is 0 Å². The van der Waals surface area contributed by atoms with Crippen LogP contribution in [0.2, 0.25) is 0 Å². The molecule has 6 N–H and O–H groups in total. The van der Waals surface area contributed by atoms with Crippen LogP contribution in [0.1, 0.15) is 118 Å². The Labute approximate surface area is 374 Å². The van der Waals surface area contributed by atoms with Gasteiger partial charge in [0.15, 0.2) is 0 Å². The molecule has 3 aliphatic carbocycles. The molecule has 4 fully saturated rings. The fraction of sp³-hybridized carbons (Fsp3) is 0.787. The van der Waals surface area contributed by atoms with Crippen molar-refractivity contribution < 1.29 is 43.6 Å². The van der Waals surface area contributed by atoms with E-state index in [2.05, 4.69) is 50.5 Å². The second-order valence-corrected chi connectivity index (χ2v) is 19.4. The van der Waals surface area contributed by atoms with Gasteiger partial charge in [0.05, 0.1) is 44.5 Å². The number of aliphatic hydroxyl groups is 2. The molecule has 3 heterocycles. The SMILES string of the molecule is COC(=O)N[C@@H](C(C)C)C(O)N1CCC[C@H]1C(=O)NC1=CCC(C2CCC(C3CC=C(NC(=O)[C@@H]4CCCN4C(O)[C@@H](NC(=O)OC)C(C)C)CC3)N2C2CCC(OC)CC2)C=C1. The third kappa shape index (κ3) is 11.8. The van der Waals surface area contributed by atoms with Crippen LogP contribution in [0.25, 0.3) is 0 Å². The van der Waals surface area contributed by atoms with E-state index in [4.69, 9.17) is 14.2 Å². The predicted octanol–water partition coefficient (Wildman–Crippen LogP) is 4.48. The van der Waals surface area contributed by atoms with Crippen LogP contribution in [-0.4, -0.2) is 144 Å². The summed E-state index contributed by atoms with van der Waals surface area (Å²) in [6.45, 7) is 8.82. The number of nitrogens with one attached hydrogen (secondary N) is 4. The quantitative estimate of drug-likeness (QED) is 0.128. The third-order valence-corrected chi connectivity index (χ3v) is 15.0. The second kappa shape index (κ2) is 22.6. The number of nitrogens with zero attached hydrogens (tertiary/aromatic N) is 3. The van der Waals surface area contributed by atoms with E-state index in [1.165, 1.54) is 14.2 Å². The Hall–Kier alpha value is -3.54. The molecule has 354 valence electrons. The van der Waals surface area contributed by atoms with Crippen LogP contribution in [0.4, 0.5) is 9.59 Å². The van der Waals surface area contributed by atoms with Gasteiger partial charge in [-0.15, -0.1) is 0 Å². The van der Waals surface area contributed by atoms with Crippen molar-refractivity contribution in [1.29, 1.82) is 0 Å². The molecule has 0 aromatic carbocycles. The zero-order valence-corrected chi connectivity index (χ0v) is 38.8. The molecule has 0 aromatic heterocycles. The van der Waals surface area contributed by atoms with Gasteiger partial charge in [-0.2, -0.15) is 0 Å². The summed E-state index contributed by atoms with van der Waals surface area (Å²) in [4.78, 5) is 58.0. The first-order valence-corrected chi connectivity index (χ1v) is 23.8. The number of carbonyl (C=O) groups is 4. The van der Waals surface area contributed by atoms with Crippen LogP contribution in [-0.2, 0) is 23.8 Å². The monoisotopic (exact) mass is 884 g/mol. The molecule has 0 radical (unpaired) electrons. The van der Waals surface area contributed by atoms with Crippen LogP contribution in [0.3, 0.4) is 0 Å². The largest absolute Gasteiger partial charge is 0.453 e. The van der Waals surface area contributed by atoms with Crippen molar-refractivity contribution in [2.75, 3.05) is 34.4 Å². The highest BCUT2D eigenvalue weighted by molar-refractivity contribution is 5.84. The fourth-order valence-electron chi connectivity index (χ4n) is 11.5. The van der Waals surface area contributed by atoms with Gasteiger partial charge in [0.1, 0.15) is 12.5 Å². The highest BCUT2D eigenvalue weighted by atomic mass is 16.5. The molecule has 0 aromatic rings. The summed E-state index contributed by atoms with van der Waals surface area (Å²) in [6, 6.07) is -0.870. The van der Waals surface area contributed by atoms with E-state index < -0.39 is 48.8 Å². The summed E-state index contributed by atoms with van der Waals surface area (Å²) in [6.07, 6.45) is 18.7. The van der Waals surface area contributed by atoms with Crippen molar-refractivity contribution in [3.63, 3.8) is 0 Å². The van der Waals surface area contributed by atoms with E-state index >= 15 is 0 Å². The van der Waals surface area contributed by atoms with Gasteiger partial charge in [-0.1, -0.05) is 45.9 Å². The lowest BCUT2D eigenvalue weighted by molar-refractivity contribution is -0.130. The zero-order valence-electron chi connectivity index (χ0n) is 38.8. The topological polar surface area (TPSA) is 194 Å². The van der Waals surface area contributed by atoms with Crippen LogP contribution in [0, 0.1) is 23.7 Å². The lowest BCUT2D eigenvalue weighted by Crippen LogP contribution is -2.57. The molecule has 0 spiro atoms. The minimum atomic E-state index is -1.03. The number of carbonyl (C=O) groups excluding carboxylic acids is 4. The molecule has 1 saturated carbocycles. The second-order valence-electron chi connectivity index (χ2n) is 19.4. The molecule has 16 nitrogen and oxygen atoms in total. The standard InChI is InChI=1S/C47H77N7O9/c1-28(2)40(50-46(59)62-6)44(57)52-26-8-10-38(52)42(55)48-32-16-12-30(13-17-32)36-24-25-37(54(36)34-20-22-35(61-5)23-21-34)31-14-18-33(19-15-31)49-43(56)39-11-9-27-53(39)45(58)41(29(3)4)51-47(60)63-7/h12,16-18,28-31,34-41,44-45,57-58H,8-11,13-15,19-27H2,1-7H3,(H,48,55)(H,49,56)(H,50,59)(H,51,60)/t30?,31?,34?,35?,36?,37?,38-,39-,40-,41-,44?,45?/m0/s1. The number of hydrogen-bond donors (Lipinski definition) is 6. The molecular weight excluding hydrogens is 807 g/mol. The number of methoxy groups -OCH3 is 3. The van der Waals surface area contributed by atoms with Gasteiger partial charge in [-0.05, 0) is 120 Å². The maximum atomic E-state index is 13.7. The number of alkyl carbamates (subject to hydrolysis) is 2. The Balaban J connectivity index is 1.07. The predicted molar refractivity (Wildman–Crippen MR) is 239 cm³/mol. The number of hydrogen-bond acceptors (Lipinski definition) is 12. The molecular formula is C47H77N7O9. The molecule has 16 heteroatoms. The summed E-state index contributed by atoms with van der Waals surface area (Å²) in [5.74, 6) is 0.388. The van der Waals surface area contributed by atoms with Gasteiger partial charge in [-0.25, -0.2) is 9.59 Å². The summed E-state index contributed by atoms with van der Waals surface area (Å²) in [5, 5.41) is 34.6.